The van der Waals surface area contributed by atoms with E-state index < -0.39 is 5.60 Å². The van der Waals surface area contributed by atoms with Gasteiger partial charge in [-0.15, -0.1) is 0 Å². The van der Waals surface area contributed by atoms with Crippen LogP contribution in [0.4, 0.5) is 0 Å². The molecule has 3 heteroatoms. The Labute approximate surface area is 83.4 Å². The number of hydrogen-bond acceptors (Lipinski definition) is 3. The van der Waals surface area contributed by atoms with E-state index in [1.165, 1.54) is 12.7 Å². The Balaban J connectivity index is 2.00. The summed E-state index contributed by atoms with van der Waals surface area (Å²) in [6, 6.07) is 0. The van der Waals surface area contributed by atoms with E-state index in [1.807, 2.05) is 0 Å². The minimum absolute atomic E-state index is 0.252. The zero-order chi connectivity index (χ0) is 10.0. The van der Waals surface area contributed by atoms with Crippen molar-refractivity contribution < 1.29 is 14.3 Å². The van der Waals surface area contributed by atoms with Gasteiger partial charge in [-0.1, -0.05) is 18.2 Å². The number of rotatable bonds is 3. The molecule has 3 nitrogen and oxygen atoms in total. The molecule has 0 bridgehead atoms. The van der Waals surface area contributed by atoms with E-state index in [-0.39, 0.29) is 5.97 Å². The largest absolute Gasteiger partial charge is 0.467 e. The number of methoxy groups -OCH3 is 1. The van der Waals surface area contributed by atoms with E-state index in [4.69, 9.17) is 9.47 Å². The molecule has 1 heterocycles. The van der Waals surface area contributed by atoms with Crippen molar-refractivity contribution in [2.45, 2.75) is 24.9 Å². The molecule has 1 aliphatic carbocycles. The lowest BCUT2D eigenvalue weighted by molar-refractivity contribution is -0.146. The molecule has 1 fully saturated rings. The van der Waals surface area contributed by atoms with E-state index in [2.05, 4.69) is 18.2 Å². The van der Waals surface area contributed by atoms with Gasteiger partial charge in [0.2, 0.25) is 0 Å². The van der Waals surface area contributed by atoms with Crippen LogP contribution in [0.3, 0.4) is 0 Å². The topological polar surface area (TPSA) is 38.8 Å². The van der Waals surface area contributed by atoms with Crippen molar-refractivity contribution in [1.82, 2.24) is 0 Å². The Morgan fingerprint density at radius 2 is 2.43 bits per heavy atom. The molecule has 2 rings (SSSR count). The smallest absolute Gasteiger partial charge is 0.340 e. The van der Waals surface area contributed by atoms with Gasteiger partial charge in [0.15, 0.2) is 5.60 Å². The maximum absolute atomic E-state index is 11.4. The van der Waals surface area contributed by atoms with Gasteiger partial charge in [0.1, 0.15) is 0 Å². The van der Waals surface area contributed by atoms with Crippen molar-refractivity contribution in [3.8, 4) is 0 Å². The van der Waals surface area contributed by atoms with E-state index in [1.54, 1.807) is 0 Å². The SMILES string of the molecule is COC(=O)[C@]1(CC2=CCCC=C2)CO1. The summed E-state index contributed by atoms with van der Waals surface area (Å²) in [5.41, 5.74) is 0.515. The number of allylic oxidation sites excluding steroid dienone is 3. The Kier molecular flexibility index (Phi) is 2.42. The highest BCUT2D eigenvalue weighted by molar-refractivity contribution is 5.82. The first-order chi connectivity index (χ1) is 6.77. The maximum atomic E-state index is 11.4. The summed E-state index contributed by atoms with van der Waals surface area (Å²) in [5.74, 6) is -0.252. The molecule has 1 aliphatic heterocycles. The Morgan fingerprint density at radius 3 is 2.93 bits per heavy atom. The van der Waals surface area contributed by atoms with Crippen molar-refractivity contribution in [3.63, 3.8) is 0 Å². The fourth-order valence-corrected chi connectivity index (χ4v) is 1.69. The van der Waals surface area contributed by atoms with E-state index >= 15 is 0 Å². The van der Waals surface area contributed by atoms with Crippen molar-refractivity contribution in [1.29, 1.82) is 0 Å². The molecule has 0 aromatic carbocycles. The number of hydrogen-bond donors (Lipinski definition) is 0. The highest BCUT2D eigenvalue weighted by Crippen LogP contribution is 2.36. The van der Waals surface area contributed by atoms with E-state index in [0.29, 0.717) is 13.0 Å². The predicted molar refractivity (Wildman–Crippen MR) is 51.8 cm³/mol. The second-order valence-corrected chi connectivity index (χ2v) is 3.71. The molecule has 14 heavy (non-hydrogen) atoms. The number of carbonyl (C=O) groups is 1. The van der Waals surface area contributed by atoms with Gasteiger partial charge in [-0.3, -0.25) is 0 Å². The van der Waals surface area contributed by atoms with Crippen LogP contribution in [0, 0.1) is 0 Å². The van der Waals surface area contributed by atoms with Crippen LogP contribution in [0.25, 0.3) is 0 Å². The molecular weight excluding hydrogens is 180 g/mol. The van der Waals surface area contributed by atoms with Crippen LogP contribution in [-0.4, -0.2) is 25.3 Å². The summed E-state index contributed by atoms with van der Waals surface area (Å²) in [6.07, 6.45) is 9.15. The van der Waals surface area contributed by atoms with Gasteiger partial charge in [0, 0.05) is 6.42 Å². The predicted octanol–water partition coefficient (Wildman–Crippen LogP) is 1.59. The average Bonchev–Trinajstić information content (AvgIpc) is 2.99. The van der Waals surface area contributed by atoms with Gasteiger partial charge in [0.25, 0.3) is 0 Å². The summed E-state index contributed by atoms with van der Waals surface area (Å²) in [4.78, 5) is 11.4. The number of carbonyl (C=O) groups excluding carboxylic acids is 1. The summed E-state index contributed by atoms with van der Waals surface area (Å²) >= 11 is 0. The highest BCUT2D eigenvalue weighted by atomic mass is 16.6. The first-order valence-electron chi connectivity index (χ1n) is 4.85. The van der Waals surface area contributed by atoms with Crippen molar-refractivity contribution >= 4 is 5.97 Å². The summed E-state index contributed by atoms with van der Waals surface area (Å²) in [6.45, 7) is 0.491. The lowest BCUT2D eigenvalue weighted by Gasteiger charge is -2.11. The maximum Gasteiger partial charge on any atom is 0.340 e. The molecule has 0 unspecified atom stereocenters. The normalized spacial score (nSPS) is 29.6. The molecule has 76 valence electrons. The zero-order valence-corrected chi connectivity index (χ0v) is 8.29. The third kappa shape index (κ3) is 1.73. The zero-order valence-electron chi connectivity index (χ0n) is 8.29. The van der Waals surface area contributed by atoms with Crippen LogP contribution in [0.2, 0.25) is 0 Å². The quantitative estimate of drug-likeness (QED) is 0.506. The van der Waals surface area contributed by atoms with Gasteiger partial charge in [-0.2, -0.15) is 0 Å². The van der Waals surface area contributed by atoms with Crippen molar-refractivity contribution in [2.75, 3.05) is 13.7 Å². The molecule has 0 spiro atoms. The lowest BCUT2D eigenvalue weighted by atomic mass is 9.96. The first kappa shape index (κ1) is 9.46. The van der Waals surface area contributed by atoms with Gasteiger partial charge in [0.05, 0.1) is 13.7 Å². The lowest BCUT2D eigenvalue weighted by Crippen LogP contribution is -2.26. The van der Waals surface area contributed by atoms with Crippen molar-refractivity contribution in [2.24, 2.45) is 0 Å². The number of epoxide rings is 1. The van der Waals surface area contributed by atoms with Crippen LogP contribution in [0.1, 0.15) is 19.3 Å². The molecule has 0 aromatic heterocycles. The van der Waals surface area contributed by atoms with Gasteiger partial charge < -0.3 is 9.47 Å². The molecule has 1 atom stereocenters. The molecular formula is C11H14O3. The molecule has 0 amide bonds. The molecule has 1 saturated heterocycles. The summed E-state index contributed by atoms with van der Waals surface area (Å²) < 4.78 is 9.91. The summed E-state index contributed by atoms with van der Waals surface area (Å²) in [7, 11) is 1.40. The highest BCUT2D eigenvalue weighted by Gasteiger charge is 2.53. The second-order valence-electron chi connectivity index (χ2n) is 3.71. The standard InChI is InChI=1S/C11H14O3/c1-13-10(12)11(8-14-11)7-9-5-3-2-4-6-9/h3,5-6H,2,4,7-8H2,1H3/t11-/m0/s1. The van der Waals surface area contributed by atoms with E-state index in [9.17, 15) is 4.79 Å². The second kappa shape index (κ2) is 3.58. The monoisotopic (exact) mass is 194 g/mol. The van der Waals surface area contributed by atoms with Crippen LogP contribution in [0.15, 0.2) is 23.8 Å². The molecule has 2 aliphatic rings. The van der Waals surface area contributed by atoms with Gasteiger partial charge in [-0.05, 0) is 18.4 Å². The molecule has 0 N–H and O–H groups in total. The molecule has 0 saturated carbocycles. The first-order valence-corrected chi connectivity index (χ1v) is 4.85. The number of ether oxygens (including phenoxy) is 2. The Hall–Kier alpha value is -1.09. The minimum atomic E-state index is -0.664. The number of esters is 1. The third-order valence-corrected chi connectivity index (χ3v) is 2.61. The van der Waals surface area contributed by atoms with Crippen LogP contribution in [-0.2, 0) is 14.3 Å². The fourth-order valence-electron chi connectivity index (χ4n) is 1.69. The van der Waals surface area contributed by atoms with Gasteiger partial charge >= 0.3 is 5.97 Å². The third-order valence-electron chi connectivity index (χ3n) is 2.61. The van der Waals surface area contributed by atoms with Crippen molar-refractivity contribution in [3.05, 3.63) is 23.8 Å². The Morgan fingerprint density at radius 1 is 1.64 bits per heavy atom. The fraction of sp³-hybridized carbons (Fsp3) is 0.545. The van der Waals surface area contributed by atoms with Gasteiger partial charge in [-0.25, -0.2) is 4.79 Å². The molecule has 0 radical (unpaired) electrons. The van der Waals surface area contributed by atoms with E-state index in [0.717, 1.165) is 12.8 Å². The average molecular weight is 194 g/mol. The summed E-state index contributed by atoms with van der Waals surface area (Å²) in [5, 5.41) is 0. The van der Waals surface area contributed by atoms with Crippen LogP contribution < -0.4 is 0 Å². The molecule has 0 aromatic rings. The Bertz CT molecular complexity index is 298. The van der Waals surface area contributed by atoms with Crippen LogP contribution in [0.5, 0.6) is 0 Å². The minimum Gasteiger partial charge on any atom is -0.467 e. The van der Waals surface area contributed by atoms with Crippen LogP contribution >= 0.6 is 0 Å².